The van der Waals surface area contributed by atoms with Gasteiger partial charge in [-0.1, -0.05) is 56.9 Å². The summed E-state index contributed by atoms with van der Waals surface area (Å²) in [6, 6.07) is 15.3. The van der Waals surface area contributed by atoms with Crippen molar-refractivity contribution in [1.29, 1.82) is 0 Å². The standard InChI is InChI=1S/C31H41N5O3/c1-2-20-34-21-12-4-3-5-13-22-35(30(37)23-36-32-25-15-7-8-16-26(25)33-36)27-17-9-11-19-29(27)39-28-18-10-6-14-24(28)31(34)38/h6-8,10,14-16,18,27,29H,2-5,9,11-13,17,19-23H2,1H3/t27-,29+/m1/s1. The average molecular weight is 532 g/mol. The molecule has 1 aliphatic heterocycles. The molecule has 3 aromatic rings. The number of fused-ring (bicyclic) bond motifs is 3. The summed E-state index contributed by atoms with van der Waals surface area (Å²) in [5.41, 5.74) is 2.20. The van der Waals surface area contributed by atoms with E-state index in [1.165, 1.54) is 4.80 Å². The fraction of sp³-hybridized carbons (Fsp3) is 0.548. The van der Waals surface area contributed by atoms with E-state index in [4.69, 9.17) is 4.74 Å². The molecule has 2 aromatic carbocycles. The van der Waals surface area contributed by atoms with Gasteiger partial charge in [0, 0.05) is 19.6 Å². The van der Waals surface area contributed by atoms with Crippen molar-refractivity contribution in [3.05, 3.63) is 54.1 Å². The van der Waals surface area contributed by atoms with Crippen molar-refractivity contribution in [3.8, 4) is 5.75 Å². The number of rotatable bonds is 4. The summed E-state index contributed by atoms with van der Waals surface area (Å²) >= 11 is 0. The van der Waals surface area contributed by atoms with Crippen LogP contribution < -0.4 is 4.74 Å². The third-order valence-electron chi connectivity index (χ3n) is 8.00. The lowest BCUT2D eigenvalue weighted by atomic mass is 9.90. The highest BCUT2D eigenvalue weighted by Gasteiger charge is 2.35. The summed E-state index contributed by atoms with van der Waals surface area (Å²) in [6.07, 6.45) is 9.81. The van der Waals surface area contributed by atoms with E-state index in [2.05, 4.69) is 17.1 Å². The number of benzene rings is 2. The van der Waals surface area contributed by atoms with Crippen LogP contribution in [0.3, 0.4) is 0 Å². The molecule has 39 heavy (non-hydrogen) atoms. The van der Waals surface area contributed by atoms with Crippen LogP contribution >= 0.6 is 0 Å². The molecule has 2 aliphatic rings. The molecule has 1 aliphatic carbocycles. The molecular weight excluding hydrogens is 490 g/mol. The maximum Gasteiger partial charge on any atom is 0.257 e. The Hall–Kier alpha value is -3.42. The van der Waals surface area contributed by atoms with Crippen molar-refractivity contribution in [2.75, 3.05) is 19.6 Å². The highest BCUT2D eigenvalue weighted by atomic mass is 16.5. The predicted molar refractivity (Wildman–Crippen MR) is 152 cm³/mol. The second-order valence-electron chi connectivity index (χ2n) is 10.9. The van der Waals surface area contributed by atoms with Crippen LogP contribution in [0.4, 0.5) is 0 Å². The number of ether oxygens (including phenoxy) is 1. The topological polar surface area (TPSA) is 80.6 Å². The van der Waals surface area contributed by atoms with Crippen LogP contribution in [0, 0.1) is 0 Å². The van der Waals surface area contributed by atoms with E-state index < -0.39 is 0 Å². The molecule has 0 spiro atoms. The van der Waals surface area contributed by atoms with E-state index in [1.807, 2.05) is 58.3 Å². The van der Waals surface area contributed by atoms with Crippen molar-refractivity contribution < 1.29 is 14.3 Å². The zero-order valence-corrected chi connectivity index (χ0v) is 23.1. The average Bonchev–Trinajstić information content (AvgIpc) is 3.36. The minimum absolute atomic E-state index is 0.0265. The molecule has 0 bridgehead atoms. The van der Waals surface area contributed by atoms with Crippen molar-refractivity contribution in [3.63, 3.8) is 0 Å². The summed E-state index contributed by atoms with van der Waals surface area (Å²) in [6.45, 7) is 4.44. The summed E-state index contributed by atoms with van der Waals surface area (Å²) in [5.74, 6) is 0.695. The fourth-order valence-corrected chi connectivity index (χ4v) is 6.01. The first kappa shape index (κ1) is 27.2. The van der Waals surface area contributed by atoms with E-state index in [0.717, 1.165) is 88.3 Å². The molecule has 2 atom stereocenters. The Morgan fingerprint density at radius 1 is 0.872 bits per heavy atom. The normalized spacial score (nSPS) is 21.4. The van der Waals surface area contributed by atoms with Crippen LogP contribution in [0.2, 0.25) is 0 Å². The number of aromatic nitrogens is 3. The van der Waals surface area contributed by atoms with E-state index in [1.54, 1.807) is 0 Å². The molecule has 0 unspecified atom stereocenters. The van der Waals surface area contributed by atoms with Crippen LogP contribution in [0.1, 0.15) is 81.5 Å². The highest BCUT2D eigenvalue weighted by Crippen LogP contribution is 2.31. The lowest BCUT2D eigenvalue weighted by Gasteiger charge is -2.40. The minimum Gasteiger partial charge on any atom is -0.487 e. The maximum atomic E-state index is 13.8. The third-order valence-corrected chi connectivity index (χ3v) is 8.00. The Morgan fingerprint density at radius 3 is 2.31 bits per heavy atom. The van der Waals surface area contributed by atoms with Gasteiger partial charge in [0.1, 0.15) is 29.4 Å². The first-order valence-electron chi connectivity index (χ1n) is 14.8. The molecular formula is C31H41N5O3. The van der Waals surface area contributed by atoms with Gasteiger partial charge in [0.2, 0.25) is 5.91 Å². The van der Waals surface area contributed by atoms with Crippen molar-refractivity contribution in [2.45, 2.75) is 89.8 Å². The molecule has 1 aromatic heterocycles. The van der Waals surface area contributed by atoms with Crippen LogP contribution in [0.5, 0.6) is 5.75 Å². The molecule has 0 N–H and O–H groups in total. The van der Waals surface area contributed by atoms with Gasteiger partial charge in [-0.25, -0.2) is 0 Å². The second-order valence-corrected chi connectivity index (χ2v) is 10.9. The summed E-state index contributed by atoms with van der Waals surface area (Å²) in [4.78, 5) is 33.0. The lowest BCUT2D eigenvalue weighted by Crippen LogP contribution is -2.52. The van der Waals surface area contributed by atoms with Gasteiger partial charge in [0.25, 0.3) is 5.91 Å². The summed E-state index contributed by atoms with van der Waals surface area (Å²) in [5, 5.41) is 9.07. The van der Waals surface area contributed by atoms with Gasteiger partial charge in [0.15, 0.2) is 0 Å². The first-order valence-corrected chi connectivity index (χ1v) is 14.8. The number of hydrogen-bond donors (Lipinski definition) is 0. The minimum atomic E-state index is -0.161. The van der Waals surface area contributed by atoms with Gasteiger partial charge in [-0.2, -0.15) is 15.0 Å². The summed E-state index contributed by atoms with van der Waals surface area (Å²) in [7, 11) is 0. The van der Waals surface area contributed by atoms with Crippen LogP contribution in [0.25, 0.3) is 11.0 Å². The van der Waals surface area contributed by atoms with Gasteiger partial charge in [-0.3, -0.25) is 9.59 Å². The zero-order chi connectivity index (χ0) is 27.0. The molecule has 208 valence electrons. The predicted octanol–water partition coefficient (Wildman–Crippen LogP) is 5.47. The lowest BCUT2D eigenvalue weighted by molar-refractivity contribution is -0.138. The third kappa shape index (κ3) is 6.60. The molecule has 2 amide bonds. The van der Waals surface area contributed by atoms with E-state index >= 15 is 0 Å². The summed E-state index contributed by atoms with van der Waals surface area (Å²) < 4.78 is 6.67. The molecule has 8 nitrogen and oxygen atoms in total. The van der Waals surface area contributed by atoms with Crippen LogP contribution in [0.15, 0.2) is 48.5 Å². The number of hydrogen-bond acceptors (Lipinski definition) is 5. The SMILES string of the molecule is CCCN1CCCCCCCN(C(=O)Cn2nc3ccccc3n2)[C@@H]2CCCC[C@@H]2Oc2ccccc2C1=O. The molecule has 1 saturated carbocycles. The number of para-hydroxylation sites is 1. The Kier molecular flexibility index (Phi) is 9.12. The Bertz CT molecular complexity index is 1220. The van der Waals surface area contributed by atoms with Crippen LogP contribution in [-0.2, 0) is 11.3 Å². The van der Waals surface area contributed by atoms with Gasteiger partial charge < -0.3 is 14.5 Å². The quantitative estimate of drug-likeness (QED) is 0.446. The highest BCUT2D eigenvalue weighted by molar-refractivity contribution is 5.97. The van der Waals surface area contributed by atoms with E-state index in [9.17, 15) is 9.59 Å². The van der Waals surface area contributed by atoms with Crippen molar-refractivity contribution in [2.24, 2.45) is 0 Å². The monoisotopic (exact) mass is 531 g/mol. The van der Waals surface area contributed by atoms with Gasteiger partial charge in [0.05, 0.1) is 11.6 Å². The Balaban J connectivity index is 1.42. The van der Waals surface area contributed by atoms with Crippen molar-refractivity contribution in [1.82, 2.24) is 24.8 Å². The van der Waals surface area contributed by atoms with Gasteiger partial charge in [-0.05, 0) is 62.8 Å². The van der Waals surface area contributed by atoms with Crippen molar-refractivity contribution >= 4 is 22.8 Å². The molecule has 1 fully saturated rings. The maximum absolute atomic E-state index is 13.8. The Morgan fingerprint density at radius 2 is 1.54 bits per heavy atom. The second kappa shape index (κ2) is 13.1. The zero-order valence-electron chi connectivity index (χ0n) is 23.1. The molecule has 0 saturated heterocycles. The van der Waals surface area contributed by atoms with E-state index in [-0.39, 0.29) is 30.5 Å². The first-order chi connectivity index (χ1) is 19.1. The van der Waals surface area contributed by atoms with Gasteiger partial charge in [-0.15, -0.1) is 0 Å². The smallest absolute Gasteiger partial charge is 0.257 e. The molecule has 2 heterocycles. The number of nitrogens with zero attached hydrogens (tertiary/aromatic N) is 5. The van der Waals surface area contributed by atoms with Crippen LogP contribution in [-0.4, -0.2) is 68.4 Å². The van der Waals surface area contributed by atoms with Gasteiger partial charge >= 0.3 is 0 Å². The number of carbonyl (C=O) groups is 2. The number of carbonyl (C=O) groups excluding carboxylic acids is 2. The fourth-order valence-electron chi connectivity index (χ4n) is 6.01. The molecule has 0 radical (unpaired) electrons. The van der Waals surface area contributed by atoms with E-state index in [0.29, 0.717) is 17.9 Å². The molecule has 8 heteroatoms. The molecule has 5 rings (SSSR count). The largest absolute Gasteiger partial charge is 0.487 e. The Labute approximate surface area is 231 Å². The number of amides is 2.